The number of benzene rings is 1. The summed E-state index contributed by atoms with van der Waals surface area (Å²) >= 11 is 0. The molecular formula is C17H22N4O. The van der Waals surface area contributed by atoms with E-state index in [1.807, 2.05) is 52.0 Å². The second-order valence-corrected chi connectivity index (χ2v) is 6.00. The van der Waals surface area contributed by atoms with Crippen molar-refractivity contribution in [3.63, 3.8) is 0 Å². The van der Waals surface area contributed by atoms with Gasteiger partial charge in [-0.3, -0.25) is 10.4 Å². The molecule has 0 saturated heterocycles. The monoisotopic (exact) mass is 298 g/mol. The molecule has 0 aliphatic rings. The number of amides is 2. The number of nitrogens with one attached hydrogen (secondary N) is 3. The number of carbonyl (C=O) groups excluding carboxylic acids is 1. The van der Waals surface area contributed by atoms with Crippen LogP contribution in [0.3, 0.4) is 0 Å². The average Bonchev–Trinajstić information content (AvgIpc) is 2.83. The van der Waals surface area contributed by atoms with E-state index in [1.165, 1.54) is 0 Å². The van der Waals surface area contributed by atoms with Crippen LogP contribution in [0.5, 0.6) is 0 Å². The lowest BCUT2D eigenvalue weighted by molar-refractivity contribution is 0.242. The Morgan fingerprint density at radius 3 is 2.64 bits per heavy atom. The van der Waals surface area contributed by atoms with Crippen LogP contribution in [-0.2, 0) is 5.54 Å². The Hall–Kier alpha value is -2.56. The maximum atomic E-state index is 12.1. The zero-order valence-corrected chi connectivity index (χ0v) is 13.4. The zero-order chi connectivity index (χ0) is 16.3. The molecule has 22 heavy (non-hydrogen) atoms. The standard InChI is InChI=1S/C17H22N4O/c1-11(2)13-7-6-8-14(10-13)17(4,5)19-16(22)18-15-9-12(3)20-21-15/h6-10H,1H2,2-5H3,(H3,18,19,20,21,22). The number of aromatic amines is 1. The third-order valence-electron chi connectivity index (χ3n) is 3.45. The van der Waals surface area contributed by atoms with Gasteiger partial charge in [-0.15, -0.1) is 0 Å². The molecule has 2 amide bonds. The summed E-state index contributed by atoms with van der Waals surface area (Å²) in [5.74, 6) is 0.501. The smallest absolute Gasteiger partial charge is 0.321 e. The number of hydrogen-bond acceptors (Lipinski definition) is 2. The summed E-state index contributed by atoms with van der Waals surface area (Å²) in [6, 6.07) is 9.49. The molecule has 0 aliphatic heterocycles. The summed E-state index contributed by atoms with van der Waals surface area (Å²) in [5, 5.41) is 12.5. The summed E-state index contributed by atoms with van der Waals surface area (Å²) in [7, 11) is 0. The first-order chi connectivity index (χ1) is 10.3. The van der Waals surface area contributed by atoms with Gasteiger partial charge in [0.05, 0.1) is 5.54 Å². The molecule has 1 aromatic heterocycles. The van der Waals surface area contributed by atoms with Gasteiger partial charge < -0.3 is 5.32 Å². The van der Waals surface area contributed by atoms with E-state index < -0.39 is 5.54 Å². The predicted molar refractivity (Wildman–Crippen MR) is 89.7 cm³/mol. The number of allylic oxidation sites excluding steroid dienone is 1. The lowest BCUT2D eigenvalue weighted by atomic mass is 9.92. The van der Waals surface area contributed by atoms with Gasteiger partial charge in [-0.05, 0) is 44.9 Å². The molecule has 2 rings (SSSR count). The minimum atomic E-state index is -0.513. The zero-order valence-electron chi connectivity index (χ0n) is 13.4. The number of aryl methyl sites for hydroxylation is 1. The van der Waals surface area contributed by atoms with E-state index in [4.69, 9.17) is 0 Å². The first-order valence-electron chi connectivity index (χ1n) is 7.15. The molecule has 0 saturated carbocycles. The molecule has 5 heteroatoms. The van der Waals surface area contributed by atoms with Crippen LogP contribution >= 0.6 is 0 Å². The van der Waals surface area contributed by atoms with Crippen molar-refractivity contribution in [3.8, 4) is 0 Å². The van der Waals surface area contributed by atoms with Gasteiger partial charge in [-0.1, -0.05) is 30.4 Å². The third kappa shape index (κ3) is 3.75. The molecule has 0 aliphatic carbocycles. The van der Waals surface area contributed by atoms with E-state index >= 15 is 0 Å². The fraction of sp³-hybridized carbons (Fsp3) is 0.294. The minimum absolute atomic E-state index is 0.294. The lowest BCUT2D eigenvalue weighted by Gasteiger charge is -2.27. The van der Waals surface area contributed by atoms with E-state index in [-0.39, 0.29) is 6.03 Å². The molecule has 0 atom stereocenters. The van der Waals surface area contributed by atoms with Crippen LogP contribution in [0.15, 0.2) is 36.9 Å². The van der Waals surface area contributed by atoms with Gasteiger partial charge in [-0.2, -0.15) is 5.10 Å². The van der Waals surface area contributed by atoms with Gasteiger partial charge in [0.15, 0.2) is 5.82 Å². The van der Waals surface area contributed by atoms with Crippen molar-refractivity contribution in [2.75, 3.05) is 5.32 Å². The highest BCUT2D eigenvalue weighted by Gasteiger charge is 2.23. The number of urea groups is 1. The maximum Gasteiger partial charge on any atom is 0.321 e. The van der Waals surface area contributed by atoms with E-state index in [1.54, 1.807) is 6.07 Å². The second kappa shape index (κ2) is 6.05. The Labute approximate surface area is 130 Å². The van der Waals surface area contributed by atoms with E-state index in [0.717, 1.165) is 22.4 Å². The fourth-order valence-electron chi connectivity index (χ4n) is 2.16. The largest absolute Gasteiger partial charge is 0.329 e. The van der Waals surface area contributed by atoms with Crippen molar-refractivity contribution >= 4 is 17.4 Å². The van der Waals surface area contributed by atoms with Gasteiger partial charge in [0, 0.05) is 11.8 Å². The number of H-pyrrole nitrogens is 1. The van der Waals surface area contributed by atoms with Crippen molar-refractivity contribution in [2.45, 2.75) is 33.2 Å². The molecule has 0 fully saturated rings. The molecule has 2 aromatic rings. The Morgan fingerprint density at radius 2 is 2.05 bits per heavy atom. The summed E-state index contributed by atoms with van der Waals surface area (Å²) in [4.78, 5) is 12.1. The SMILES string of the molecule is C=C(C)c1cccc(C(C)(C)NC(=O)Nc2cc(C)[nH]n2)c1. The highest BCUT2D eigenvalue weighted by atomic mass is 16.2. The Kier molecular flexibility index (Phi) is 4.35. The van der Waals surface area contributed by atoms with E-state index in [9.17, 15) is 4.79 Å². The van der Waals surface area contributed by atoms with E-state index in [0.29, 0.717) is 5.82 Å². The molecule has 3 N–H and O–H groups in total. The number of anilines is 1. The van der Waals surface area contributed by atoms with Gasteiger partial charge in [0.2, 0.25) is 0 Å². The number of hydrogen-bond donors (Lipinski definition) is 3. The fourth-order valence-corrected chi connectivity index (χ4v) is 2.16. The third-order valence-corrected chi connectivity index (χ3v) is 3.45. The van der Waals surface area contributed by atoms with Gasteiger partial charge in [0.25, 0.3) is 0 Å². The van der Waals surface area contributed by atoms with Crippen LogP contribution in [0.2, 0.25) is 0 Å². The van der Waals surface area contributed by atoms with Gasteiger partial charge in [0.1, 0.15) is 0 Å². The highest BCUT2D eigenvalue weighted by molar-refractivity contribution is 5.88. The van der Waals surface area contributed by atoms with Crippen molar-refractivity contribution in [1.29, 1.82) is 0 Å². The molecule has 5 nitrogen and oxygen atoms in total. The summed E-state index contributed by atoms with van der Waals surface area (Å²) < 4.78 is 0. The Balaban J connectivity index is 2.11. The molecule has 0 bridgehead atoms. The lowest BCUT2D eigenvalue weighted by Crippen LogP contribution is -2.43. The molecule has 116 valence electrons. The number of rotatable bonds is 4. The Morgan fingerprint density at radius 1 is 1.32 bits per heavy atom. The predicted octanol–water partition coefficient (Wildman–Crippen LogP) is 3.81. The van der Waals surface area contributed by atoms with Gasteiger partial charge in [-0.25, -0.2) is 4.79 Å². The van der Waals surface area contributed by atoms with Crippen LogP contribution in [0.25, 0.3) is 5.57 Å². The minimum Gasteiger partial charge on any atom is -0.329 e. The first kappa shape index (κ1) is 15.8. The molecule has 0 spiro atoms. The normalized spacial score (nSPS) is 11.1. The van der Waals surface area contributed by atoms with Crippen LogP contribution in [0, 0.1) is 6.92 Å². The van der Waals surface area contributed by atoms with Crippen LogP contribution in [-0.4, -0.2) is 16.2 Å². The van der Waals surface area contributed by atoms with Crippen LogP contribution < -0.4 is 10.6 Å². The molecule has 0 unspecified atom stereocenters. The van der Waals surface area contributed by atoms with Crippen LogP contribution in [0.1, 0.15) is 37.6 Å². The van der Waals surface area contributed by atoms with Crippen molar-refractivity contribution in [1.82, 2.24) is 15.5 Å². The first-order valence-corrected chi connectivity index (χ1v) is 7.15. The van der Waals surface area contributed by atoms with Crippen molar-refractivity contribution in [2.24, 2.45) is 0 Å². The second-order valence-electron chi connectivity index (χ2n) is 6.00. The van der Waals surface area contributed by atoms with Crippen molar-refractivity contribution in [3.05, 3.63) is 53.7 Å². The van der Waals surface area contributed by atoms with Crippen molar-refractivity contribution < 1.29 is 4.79 Å². The highest BCUT2D eigenvalue weighted by Crippen LogP contribution is 2.23. The maximum absolute atomic E-state index is 12.1. The van der Waals surface area contributed by atoms with Gasteiger partial charge >= 0.3 is 6.03 Å². The number of aromatic nitrogens is 2. The average molecular weight is 298 g/mol. The summed E-state index contributed by atoms with van der Waals surface area (Å²) in [5.41, 5.74) is 3.45. The number of carbonyl (C=O) groups is 1. The molecular weight excluding hydrogens is 276 g/mol. The Bertz CT molecular complexity index is 700. The molecule has 1 heterocycles. The molecule has 0 radical (unpaired) electrons. The summed E-state index contributed by atoms with van der Waals surface area (Å²) in [6.07, 6.45) is 0. The topological polar surface area (TPSA) is 69.8 Å². The molecule has 1 aromatic carbocycles. The number of nitrogens with zero attached hydrogens (tertiary/aromatic N) is 1. The van der Waals surface area contributed by atoms with Crippen LogP contribution in [0.4, 0.5) is 10.6 Å². The quantitative estimate of drug-likeness (QED) is 0.803. The summed E-state index contributed by atoms with van der Waals surface area (Å²) in [6.45, 7) is 11.7. The van der Waals surface area contributed by atoms with E-state index in [2.05, 4.69) is 27.4 Å².